The zero-order valence-corrected chi connectivity index (χ0v) is 14.4. The maximum absolute atomic E-state index is 13.9. The van der Waals surface area contributed by atoms with Crippen LogP contribution in [0.15, 0.2) is 83.0 Å². The van der Waals surface area contributed by atoms with E-state index < -0.39 is 29.1 Å². The molecule has 28 heavy (non-hydrogen) atoms. The molecule has 140 valence electrons. The first-order valence-corrected chi connectivity index (χ1v) is 8.12. The number of anilines is 1. The van der Waals surface area contributed by atoms with Crippen LogP contribution in [-0.2, 0) is 0 Å². The van der Waals surface area contributed by atoms with E-state index in [4.69, 9.17) is 5.73 Å². The predicted molar refractivity (Wildman–Crippen MR) is 99.8 cm³/mol. The maximum Gasteiger partial charge on any atom is 0.326 e. The molecule has 0 aliphatic heterocycles. The summed E-state index contributed by atoms with van der Waals surface area (Å²) in [7, 11) is 0. The van der Waals surface area contributed by atoms with E-state index in [1.807, 2.05) is 18.2 Å². The molecule has 0 radical (unpaired) electrons. The molecule has 3 aromatic carbocycles. The van der Waals surface area contributed by atoms with Gasteiger partial charge in [-0.25, -0.2) is 18.5 Å². The molecule has 0 aromatic heterocycles. The Bertz CT molecular complexity index is 1020. The van der Waals surface area contributed by atoms with Gasteiger partial charge in [-0.05, 0) is 48.5 Å². The molecule has 0 saturated carbocycles. The minimum atomic E-state index is -1.21. The van der Waals surface area contributed by atoms with Crippen LogP contribution in [0.1, 0.15) is 10.4 Å². The van der Waals surface area contributed by atoms with Crippen LogP contribution in [0.25, 0.3) is 0 Å². The van der Waals surface area contributed by atoms with Crippen LogP contribution in [0.2, 0.25) is 0 Å². The molecule has 0 bridgehead atoms. The van der Waals surface area contributed by atoms with Gasteiger partial charge in [0.25, 0.3) is 5.91 Å². The van der Waals surface area contributed by atoms with Crippen molar-refractivity contribution >= 4 is 29.0 Å². The van der Waals surface area contributed by atoms with Crippen LogP contribution in [-0.4, -0.2) is 11.9 Å². The summed E-state index contributed by atoms with van der Waals surface area (Å²) in [6, 6.07) is 16.5. The fourth-order valence-corrected chi connectivity index (χ4v) is 2.44. The summed E-state index contributed by atoms with van der Waals surface area (Å²) in [5.41, 5.74) is 5.53. The lowest BCUT2D eigenvalue weighted by molar-refractivity contribution is 0.0987. The van der Waals surface area contributed by atoms with Gasteiger partial charge in [-0.3, -0.25) is 4.79 Å². The van der Waals surface area contributed by atoms with Crippen LogP contribution in [0.3, 0.4) is 0 Å². The van der Waals surface area contributed by atoms with Crippen LogP contribution in [0.4, 0.5) is 30.6 Å². The van der Waals surface area contributed by atoms with E-state index in [1.165, 1.54) is 24.3 Å². The molecule has 2 N–H and O–H groups in total. The van der Waals surface area contributed by atoms with E-state index >= 15 is 0 Å². The van der Waals surface area contributed by atoms with Crippen LogP contribution in [0, 0.1) is 11.6 Å². The SMILES string of the molecule is NC(=O)N(C(=O)c1c(F)cccc1F)c1ccc(N=Nc2ccccc2)cc1. The first kappa shape index (κ1) is 18.8. The Balaban J connectivity index is 1.88. The lowest BCUT2D eigenvalue weighted by Gasteiger charge is -2.19. The van der Waals surface area contributed by atoms with Gasteiger partial charge in [-0.2, -0.15) is 10.2 Å². The van der Waals surface area contributed by atoms with Gasteiger partial charge in [-0.15, -0.1) is 0 Å². The molecule has 0 atom stereocenters. The number of hydrogen-bond donors (Lipinski definition) is 1. The van der Waals surface area contributed by atoms with Crippen molar-refractivity contribution in [3.05, 3.63) is 90.0 Å². The van der Waals surface area contributed by atoms with Crippen molar-refractivity contribution in [3.8, 4) is 0 Å². The molecular formula is C20H14F2N4O2. The fourth-order valence-electron chi connectivity index (χ4n) is 2.44. The summed E-state index contributed by atoms with van der Waals surface area (Å²) in [5, 5.41) is 8.08. The predicted octanol–water partition coefficient (Wildman–Crippen LogP) is 5.11. The van der Waals surface area contributed by atoms with Crippen molar-refractivity contribution in [1.29, 1.82) is 0 Å². The second kappa shape index (κ2) is 8.17. The number of imide groups is 1. The molecule has 0 aliphatic carbocycles. The van der Waals surface area contributed by atoms with Crippen molar-refractivity contribution < 1.29 is 18.4 Å². The summed E-state index contributed by atoms with van der Waals surface area (Å²) < 4.78 is 27.8. The molecule has 3 amide bonds. The van der Waals surface area contributed by atoms with Crippen LogP contribution in [0.5, 0.6) is 0 Å². The number of urea groups is 1. The minimum absolute atomic E-state index is 0.0406. The van der Waals surface area contributed by atoms with Gasteiger partial charge in [-0.1, -0.05) is 24.3 Å². The zero-order valence-electron chi connectivity index (χ0n) is 14.4. The van der Waals surface area contributed by atoms with Crippen molar-refractivity contribution in [2.75, 3.05) is 4.90 Å². The van der Waals surface area contributed by atoms with Gasteiger partial charge in [0.15, 0.2) is 0 Å². The highest BCUT2D eigenvalue weighted by Gasteiger charge is 2.27. The van der Waals surface area contributed by atoms with E-state index in [0.29, 0.717) is 16.3 Å². The Morgan fingerprint density at radius 1 is 0.750 bits per heavy atom. The highest BCUT2D eigenvalue weighted by atomic mass is 19.1. The number of benzene rings is 3. The summed E-state index contributed by atoms with van der Waals surface area (Å²) in [6.45, 7) is 0. The molecule has 0 heterocycles. The standard InChI is InChI=1S/C20H14F2N4O2/c21-16-7-4-8-17(22)18(16)19(27)26(20(23)28)15-11-9-14(10-12-15)25-24-13-5-2-1-3-6-13/h1-12H,(H2,23,28). The molecule has 3 rings (SSSR count). The van der Waals surface area contributed by atoms with Crippen LogP contribution < -0.4 is 10.6 Å². The van der Waals surface area contributed by atoms with Gasteiger partial charge in [0.05, 0.1) is 17.1 Å². The van der Waals surface area contributed by atoms with Crippen molar-refractivity contribution in [1.82, 2.24) is 0 Å². The van der Waals surface area contributed by atoms with E-state index in [1.54, 1.807) is 12.1 Å². The topological polar surface area (TPSA) is 88.1 Å². The highest BCUT2D eigenvalue weighted by molar-refractivity contribution is 6.20. The molecule has 0 saturated heterocycles. The average Bonchev–Trinajstić information content (AvgIpc) is 2.68. The van der Waals surface area contributed by atoms with E-state index in [2.05, 4.69) is 10.2 Å². The summed E-state index contributed by atoms with van der Waals surface area (Å²) in [5.74, 6) is -3.39. The maximum atomic E-state index is 13.9. The fraction of sp³-hybridized carbons (Fsp3) is 0. The second-order valence-electron chi connectivity index (χ2n) is 5.63. The number of azo groups is 1. The number of hydrogen-bond acceptors (Lipinski definition) is 4. The molecule has 8 heteroatoms. The molecule has 0 fully saturated rings. The van der Waals surface area contributed by atoms with Crippen LogP contribution >= 0.6 is 0 Å². The van der Waals surface area contributed by atoms with Gasteiger partial charge in [0.2, 0.25) is 0 Å². The molecule has 3 aromatic rings. The number of halogens is 2. The molecule has 0 spiro atoms. The van der Waals surface area contributed by atoms with Gasteiger partial charge >= 0.3 is 6.03 Å². The number of rotatable bonds is 4. The van der Waals surface area contributed by atoms with E-state index in [0.717, 1.165) is 18.2 Å². The Kier molecular flexibility index (Phi) is 5.50. The Hall–Kier alpha value is -3.94. The number of amides is 3. The molecular weight excluding hydrogens is 366 g/mol. The second-order valence-corrected chi connectivity index (χ2v) is 5.63. The number of carbonyl (C=O) groups excluding carboxylic acids is 2. The molecule has 6 nitrogen and oxygen atoms in total. The van der Waals surface area contributed by atoms with Crippen molar-refractivity contribution in [3.63, 3.8) is 0 Å². The van der Waals surface area contributed by atoms with E-state index in [-0.39, 0.29) is 5.69 Å². The first-order valence-electron chi connectivity index (χ1n) is 8.12. The number of carbonyl (C=O) groups is 2. The molecule has 0 aliphatic rings. The lowest BCUT2D eigenvalue weighted by atomic mass is 10.1. The quantitative estimate of drug-likeness (QED) is 0.638. The van der Waals surface area contributed by atoms with Gasteiger partial charge in [0, 0.05) is 0 Å². The third-order valence-electron chi connectivity index (χ3n) is 3.75. The van der Waals surface area contributed by atoms with Gasteiger partial charge in [0.1, 0.15) is 17.2 Å². The smallest absolute Gasteiger partial charge is 0.326 e. The number of nitrogens with zero attached hydrogens (tertiary/aromatic N) is 3. The Morgan fingerprint density at radius 3 is 1.82 bits per heavy atom. The number of nitrogens with two attached hydrogens (primary N) is 1. The van der Waals surface area contributed by atoms with Crippen molar-refractivity contribution in [2.24, 2.45) is 16.0 Å². The highest BCUT2D eigenvalue weighted by Crippen LogP contribution is 2.24. The number of primary amides is 1. The summed E-state index contributed by atoms with van der Waals surface area (Å²) in [4.78, 5) is 24.8. The van der Waals surface area contributed by atoms with Crippen molar-refractivity contribution in [2.45, 2.75) is 0 Å². The normalized spacial score (nSPS) is 10.8. The largest absolute Gasteiger partial charge is 0.351 e. The molecule has 0 unspecified atom stereocenters. The minimum Gasteiger partial charge on any atom is -0.351 e. The third-order valence-corrected chi connectivity index (χ3v) is 3.75. The summed E-state index contributed by atoms with van der Waals surface area (Å²) in [6.07, 6.45) is 0. The van der Waals surface area contributed by atoms with Gasteiger partial charge < -0.3 is 5.73 Å². The third kappa shape index (κ3) is 4.07. The first-order chi connectivity index (χ1) is 13.5. The lowest BCUT2D eigenvalue weighted by Crippen LogP contribution is -2.41. The zero-order chi connectivity index (χ0) is 20.1. The Labute approximate surface area is 158 Å². The van der Waals surface area contributed by atoms with E-state index in [9.17, 15) is 18.4 Å². The Morgan fingerprint density at radius 2 is 1.29 bits per heavy atom. The monoisotopic (exact) mass is 380 g/mol. The average molecular weight is 380 g/mol. The summed E-state index contributed by atoms with van der Waals surface area (Å²) >= 11 is 0.